The number of carboxylic acids is 1. The van der Waals surface area contributed by atoms with Crippen molar-refractivity contribution in [1.82, 2.24) is 10.2 Å². The number of hydrogen-bond acceptors (Lipinski definition) is 5. The molecule has 1 heterocycles. The molecule has 0 aromatic heterocycles. The minimum Gasteiger partial charge on any atom is -0.481 e. The van der Waals surface area contributed by atoms with Gasteiger partial charge in [0.05, 0.1) is 6.61 Å². The number of likely N-dealkylation sites (tertiary alicyclic amines) is 1. The molecule has 1 saturated heterocycles. The molecule has 2 N–H and O–H groups in total. The average Bonchev–Trinajstić information content (AvgIpc) is 3.41. The molecule has 1 aliphatic heterocycles. The summed E-state index contributed by atoms with van der Waals surface area (Å²) in [4.78, 5) is 37.7. The van der Waals surface area contributed by atoms with E-state index in [1.54, 1.807) is 0 Å². The van der Waals surface area contributed by atoms with Crippen LogP contribution in [0.1, 0.15) is 23.5 Å². The topological polar surface area (TPSA) is 105 Å². The van der Waals surface area contributed by atoms with E-state index >= 15 is 0 Å². The molecule has 0 saturated carbocycles. The lowest BCUT2D eigenvalue weighted by atomic mass is 9.88. The zero-order chi connectivity index (χ0) is 24.1. The van der Waals surface area contributed by atoms with Crippen molar-refractivity contribution in [3.63, 3.8) is 0 Å². The van der Waals surface area contributed by atoms with Crippen molar-refractivity contribution in [3.05, 3.63) is 71.8 Å². The quantitative estimate of drug-likeness (QED) is 0.582. The summed E-state index contributed by atoms with van der Waals surface area (Å²) >= 11 is 0. The number of carbonyl (C=O) groups excluding carboxylic acids is 2. The minimum absolute atomic E-state index is 0.0213. The van der Waals surface area contributed by atoms with Gasteiger partial charge in [-0.3, -0.25) is 9.59 Å². The standard InChI is InChI=1S/C26H28N2O6/c1-33-17-26(24(30)31)12-14-28(16-26)23(29)11-6-13-27-25(32)34-15-22-20-9-4-2-7-18(20)19-8-3-5-10-21(19)22/h2-11,22H,12-17H2,1H3,(H,27,32)(H,30,31)/b11-6+. The zero-order valence-corrected chi connectivity index (χ0v) is 19.0. The molecule has 2 amide bonds. The molecule has 2 aromatic rings. The molecule has 1 fully saturated rings. The molecular weight excluding hydrogens is 436 g/mol. The second-order valence-corrected chi connectivity index (χ2v) is 8.64. The molecule has 178 valence electrons. The summed E-state index contributed by atoms with van der Waals surface area (Å²) in [5.74, 6) is -1.29. The van der Waals surface area contributed by atoms with Gasteiger partial charge in [0.15, 0.2) is 0 Å². The Labute approximate surface area is 198 Å². The first-order valence-corrected chi connectivity index (χ1v) is 11.2. The fourth-order valence-electron chi connectivity index (χ4n) is 4.75. The first-order chi connectivity index (χ1) is 16.4. The summed E-state index contributed by atoms with van der Waals surface area (Å²) < 4.78 is 10.5. The van der Waals surface area contributed by atoms with Crippen molar-refractivity contribution in [1.29, 1.82) is 0 Å². The fourth-order valence-corrected chi connectivity index (χ4v) is 4.75. The number of nitrogens with zero attached hydrogens (tertiary/aromatic N) is 1. The number of aliphatic carboxylic acids is 1. The summed E-state index contributed by atoms with van der Waals surface area (Å²) in [6, 6.07) is 16.2. The number of carboxylic acid groups (broad SMARTS) is 1. The van der Waals surface area contributed by atoms with Crippen LogP contribution in [0, 0.1) is 5.41 Å². The monoisotopic (exact) mass is 464 g/mol. The molecule has 0 radical (unpaired) electrons. The predicted octanol–water partition coefficient (Wildman–Crippen LogP) is 3.03. The second-order valence-electron chi connectivity index (χ2n) is 8.64. The van der Waals surface area contributed by atoms with Crippen LogP contribution in [-0.4, -0.2) is 67.9 Å². The van der Waals surface area contributed by atoms with Crippen LogP contribution in [0.25, 0.3) is 11.1 Å². The van der Waals surface area contributed by atoms with Gasteiger partial charge in [-0.15, -0.1) is 0 Å². The van der Waals surface area contributed by atoms with Gasteiger partial charge in [-0.2, -0.15) is 0 Å². The summed E-state index contributed by atoms with van der Waals surface area (Å²) in [6.45, 7) is 0.836. The Kier molecular flexibility index (Phi) is 6.98. The number of ether oxygens (including phenoxy) is 2. The van der Waals surface area contributed by atoms with E-state index in [2.05, 4.69) is 29.6 Å². The van der Waals surface area contributed by atoms with E-state index in [4.69, 9.17) is 9.47 Å². The lowest BCUT2D eigenvalue weighted by Crippen LogP contribution is -2.39. The van der Waals surface area contributed by atoms with Gasteiger partial charge in [0.2, 0.25) is 5.91 Å². The Morgan fingerprint density at radius 1 is 1.12 bits per heavy atom. The smallest absolute Gasteiger partial charge is 0.407 e. The molecule has 8 nitrogen and oxygen atoms in total. The number of nitrogens with one attached hydrogen (secondary N) is 1. The van der Waals surface area contributed by atoms with Crippen LogP contribution in [-0.2, 0) is 19.1 Å². The maximum absolute atomic E-state index is 12.4. The van der Waals surface area contributed by atoms with Crippen molar-refractivity contribution < 1.29 is 29.0 Å². The summed E-state index contributed by atoms with van der Waals surface area (Å²) in [7, 11) is 1.45. The highest BCUT2D eigenvalue weighted by molar-refractivity contribution is 5.89. The number of methoxy groups -OCH3 is 1. The van der Waals surface area contributed by atoms with E-state index in [1.807, 2.05) is 24.3 Å². The van der Waals surface area contributed by atoms with Gasteiger partial charge in [-0.25, -0.2) is 4.79 Å². The van der Waals surface area contributed by atoms with Gasteiger partial charge in [-0.1, -0.05) is 54.6 Å². The highest BCUT2D eigenvalue weighted by atomic mass is 16.5. The normalized spacial score (nSPS) is 19.1. The van der Waals surface area contributed by atoms with Crippen LogP contribution in [0.4, 0.5) is 4.79 Å². The van der Waals surface area contributed by atoms with Crippen molar-refractivity contribution >= 4 is 18.0 Å². The van der Waals surface area contributed by atoms with Crippen molar-refractivity contribution in [2.45, 2.75) is 12.3 Å². The van der Waals surface area contributed by atoms with E-state index in [1.165, 1.54) is 24.2 Å². The van der Waals surface area contributed by atoms with E-state index in [-0.39, 0.29) is 38.1 Å². The van der Waals surface area contributed by atoms with Crippen LogP contribution in [0.5, 0.6) is 0 Å². The third-order valence-corrected chi connectivity index (χ3v) is 6.51. The number of alkyl carbamates (subject to hydrolysis) is 1. The van der Waals surface area contributed by atoms with Crippen LogP contribution in [0.15, 0.2) is 60.7 Å². The maximum atomic E-state index is 12.4. The predicted molar refractivity (Wildman–Crippen MR) is 125 cm³/mol. The first kappa shape index (κ1) is 23.5. The maximum Gasteiger partial charge on any atom is 0.407 e. The number of amides is 2. The third-order valence-electron chi connectivity index (χ3n) is 6.51. The van der Waals surface area contributed by atoms with Crippen molar-refractivity contribution in [2.75, 3.05) is 40.0 Å². The molecule has 4 rings (SSSR count). The summed E-state index contributed by atoms with van der Waals surface area (Å²) in [6.07, 6.45) is 2.65. The third kappa shape index (κ3) is 4.68. The molecule has 1 unspecified atom stereocenters. The van der Waals surface area contributed by atoms with Crippen LogP contribution >= 0.6 is 0 Å². The Balaban J connectivity index is 1.25. The van der Waals surface area contributed by atoms with Gasteiger partial charge in [0.25, 0.3) is 0 Å². The van der Waals surface area contributed by atoms with Crippen LogP contribution in [0.3, 0.4) is 0 Å². The van der Waals surface area contributed by atoms with Crippen LogP contribution < -0.4 is 5.32 Å². The molecule has 2 aromatic carbocycles. The van der Waals surface area contributed by atoms with Gasteiger partial charge in [0, 0.05) is 38.7 Å². The lowest BCUT2D eigenvalue weighted by molar-refractivity contribution is -0.151. The fraction of sp³-hybridized carbons (Fsp3) is 0.346. The Hall–Kier alpha value is -3.65. The first-order valence-electron chi connectivity index (χ1n) is 11.2. The van der Waals surface area contributed by atoms with Gasteiger partial charge < -0.3 is 24.8 Å². The Bertz CT molecular complexity index is 1070. The number of rotatable bonds is 8. The molecule has 8 heteroatoms. The van der Waals surface area contributed by atoms with E-state index in [0.29, 0.717) is 13.0 Å². The molecule has 1 aliphatic carbocycles. The molecule has 0 bridgehead atoms. The van der Waals surface area contributed by atoms with Crippen LogP contribution in [0.2, 0.25) is 0 Å². The second kappa shape index (κ2) is 10.1. The van der Waals surface area contributed by atoms with E-state index in [0.717, 1.165) is 22.3 Å². The average molecular weight is 465 g/mol. The number of carbonyl (C=O) groups is 3. The molecule has 0 spiro atoms. The van der Waals surface area contributed by atoms with Gasteiger partial charge >= 0.3 is 12.1 Å². The Morgan fingerprint density at radius 3 is 2.38 bits per heavy atom. The summed E-state index contributed by atoms with van der Waals surface area (Å²) in [5.41, 5.74) is 3.52. The highest BCUT2D eigenvalue weighted by Gasteiger charge is 2.46. The largest absolute Gasteiger partial charge is 0.481 e. The number of fused-ring (bicyclic) bond motifs is 3. The van der Waals surface area contributed by atoms with Crippen molar-refractivity contribution in [2.24, 2.45) is 5.41 Å². The van der Waals surface area contributed by atoms with E-state index < -0.39 is 17.5 Å². The van der Waals surface area contributed by atoms with Gasteiger partial charge in [-0.05, 0) is 28.7 Å². The SMILES string of the molecule is COCC1(C(=O)O)CCN(C(=O)/C=C/CNC(=O)OCC2c3ccccc3-c3ccccc32)C1. The zero-order valence-electron chi connectivity index (χ0n) is 19.0. The van der Waals surface area contributed by atoms with Gasteiger partial charge in [0.1, 0.15) is 12.0 Å². The van der Waals surface area contributed by atoms with E-state index in [9.17, 15) is 19.5 Å². The minimum atomic E-state index is -1.07. The van der Waals surface area contributed by atoms with Crippen molar-refractivity contribution in [3.8, 4) is 11.1 Å². The molecule has 34 heavy (non-hydrogen) atoms. The highest BCUT2D eigenvalue weighted by Crippen LogP contribution is 2.44. The number of benzene rings is 2. The Morgan fingerprint density at radius 2 is 1.76 bits per heavy atom. The molecular formula is C26H28N2O6. The lowest BCUT2D eigenvalue weighted by Gasteiger charge is -2.23. The molecule has 2 aliphatic rings. The number of hydrogen-bond donors (Lipinski definition) is 2. The molecule has 1 atom stereocenters. The summed E-state index contributed by atoms with van der Waals surface area (Å²) in [5, 5.41) is 12.1.